The Kier molecular flexibility index (Phi) is 4.34. The van der Waals surface area contributed by atoms with E-state index in [2.05, 4.69) is 39.0 Å². The molecule has 20 heavy (non-hydrogen) atoms. The first-order valence-electron chi connectivity index (χ1n) is 7.61. The van der Waals surface area contributed by atoms with Crippen molar-refractivity contribution >= 4 is 21.6 Å². The second kappa shape index (κ2) is 6.04. The molecule has 0 bridgehead atoms. The number of rotatable bonds is 2. The number of anilines is 1. The molecule has 0 amide bonds. The third kappa shape index (κ3) is 2.87. The quantitative estimate of drug-likeness (QED) is 0.897. The molecular formula is C16H23BrN2O. The fourth-order valence-electron chi connectivity index (χ4n) is 3.44. The number of halogens is 1. The van der Waals surface area contributed by atoms with E-state index in [1.807, 2.05) is 0 Å². The Balaban J connectivity index is 1.97. The Morgan fingerprint density at radius 1 is 1.10 bits per heavy atom. The van der Waals surface area contributed by atoms with Crippen molar-refractivity contribution in [1.82, 2.24) is 0 Å². The summed E-state index contributed by atoms with van der Waals surface area (Å²) in [5, 5.41) is 0. The Labute approximate surface area is 129 Å². The number of hydrogen-bond acceptors (Lipinski definition) is 3. The molecule has 0 spiro atoms. The molecule has 4 heteroatoms. The zero-order chi connectivity index (χ0) is 14.0. The monoisotopic (exact) mass is 338 g/mol. The largest absolute Gasteiger partial charge is 0.378 e. The molecule has 1 heterocycles. The molecule has 0 atom stereocenters. The molecular weight excluding hydrogens is 316 g/mol. The minimum Gasteiger partial charge on any atom is -0.378 e. The third-order valence-corrected chi connectivity index (χ3v) is 5.09. The Hall–Kier alpha value is -0.580. The van der Waals surface area contributed by atoms with E-state index in [0.29, 0.717) is 0 Å². The first-order chi connectivity index (χ1) is 9.69. The van der Waals surface area contributed by atoms with Gasteiger partial charge in [-0.05, 0) is 36.6 Å². The van der Waals surface area contributed by atoms with Crippen molar-refractivity contribution in [3.63, 3.8) is 0 Å². The van der Waals surface area contributed by atoms with Gasteiger partial charge in [-0.1, -0.05) is 35.2 Å². The van der Waals surface area contributed by atoms with Crippen LogP contribution in [0.25, 0.3) is 0 Å². The summed E-state index contributed by atoms with van der Waals surface area (Å²) in [7, 11) is 0. The highest BCUT2D eigenvalue weighted by Crippen LogP contribution is 2.40. The topological polar surface area (TPSA) is 38.5 Å². The summed E-state index contributed by atoms with van der Waals surface area (Å²) < 4.78 is 6.60. The van der Waals surface area contributed by atoms with Crippen molar-refractivity contribution in [3.05, 3.63) is 28.2 Å². The van der Waals surface area contributed by atoms with Crippen LogP contribution in [0.5, 0.6) is 0 Å². The lowest BCUT2D eigenvalue weighted by Gasteiger charge is -2.39. The maximum atomic E-state index is 6.78. The lowest BCUT2D eigenvalue weighted by molar-refractivity contribution is 0.122. The van der Waals surface area contributed by atoms with Crippen LogP contribution in [0.2, 0.25) is 0 Å². The van der Waals surface area contributed by atoms with Crippen LogP contribution in [0, 0.1) is 0 Å². The summed E-state index contributed by atoms with van der Waals surface area (Å²) in [6.45, 7) is 3.55. The molecule has 0 radical (unpaired) electrons. The molecule has 1 saturated heterocycles. The minimum atomic E-state index is -0.157. The summed E-state index contributed by atoms with van der Waals surface area (Å²) in [5.74, 6) is 0. The molecule has 3 rings (SSSR count). The molecule has 1 aliphatic carbocycles. The van der Waals surface area contributed by atoms with Crippen LogP contribution >= 0.6 is 15.9 Å². The number of nitrogens with zero attached hydrogens (tertiary/aromatic N) is 1. The van der Waals surface area contributed by atoms with Crippen LogP contribution < -0.4 is 10.6 Å². The molecule has 3 nitrogen and oxygen atoms in total. The number of nitrogens with two attached hydrogens (primary N) is 1. The van der Waals surface area contributed by atoms with E-state index >= 15 is 0 Å². The van der Waals surface area contributed by atoms with Crippen molar-refractivity contribution in [2.75, 3.05) is 31.2 Å². The lowest BCUT2D eigenvalue weighted by Crippen LogP contribution is -2.42. The smallest absolute Gasteiger partial charge is 0.0642 e. The van der Waals surface area contributed by atoms with Crippen molar-refractivity contribution in [1.29, 1.82) is 0 Å². The molecule has 0 aromatic heterocycles. The van der Waals surface area contributed by atoms with Gasteiger partial charge in [0.2, 0.25) is 0 Å². The van der Waals surface area contributed by atoms with Crippen LogP contribution in [-0.2, 0) is 10.3 Å². The molecule has 110 valence electrons. The van der Waals surface area contributed by atoms with Crippen LogP contribution in [-0.4, -0.2) is 26.3 Å². The first kappa shape index (κ1) is 14.4. The Morgan fingerprint density at radius 3 is 2.50 bits per heavy atom. The van der Waals surface area contributed by atoms with Crippen LogP contribution in [0.3, 0.4) is 0 Å². The van der Waals surface area contributed by atoms with E-state index in [4.69, 9.17) is 10.5 Å². The number of hydrogen-bond donors (Lipinski definition) is 1. The maximum Gasteiger partial charge on any atom is 0.0642 e. The van der Waals surface area contributed by atoms with Crippen molar-refractivity contribution < 1.29 is 4.74 Å². The zero-order valence-corrected chi connectivity index (χ0v) is 13.5. The van der Waals surface area contributed by atoms with E-state index in [1.54, 1.807) is 0 Å². The molecule has 2 fully saturated rings. The van der Waals surface area contributed by atoms with Crippen LogP contribution in [0.4, 0.5) is 5.69 Å². The highest BCUT2D eigenvalue weighted by Gasteiger charge is 2.33. The van der Waals surface area contributed by atoms with Crippen molar-refractivity contribution in [3.8, 4) is 0 Å². The van der Waals surface area contributed by atoms with E-state index in [1.165, 1.54) is 30.5 Å². The van der Waals surface area contributed by atoms with Crippen molar-refractivity contribution in [2.45, 2.75) is 37.6 Å². The van der Waals surface area contributed by atoms with E-state index in [0.717, 1.165) is 43.6 Å². The molecule has 1 aliphatic heterocycles. The van der Waals surface area contributed by atoms with E-state index < -0.39 is 0 Å². The molecule has 2 N–H and O–H groups in total. The van der Waals surface area contributed by atoms with Gasteiger partial charge in [-0.25, -0.2) is 0 Å². The highest BCUT2D eigenvalue weighted by molar-refractivity contribution is 9.10. The van der Waals surface area contributed by atoms with Gasteiger partial charge in [0, 0.05) is 28.8 Å². The molecule has 1 saturated carbocycles. The molecule has 0 unspecified atom stereocenters. The van der Waals surface area contributed by atoms with Crippen molar-refractivity contribution in [2.24, 2.45) is 5.73 Å². The standard InChI is InChI=1S/C16H23BrN2O/c17-13-4-5-15(19-8-10-20-11-9-19)14(12-13)16(18)6-2-1-3-7-16/h4-5,12H,1-3,6-11,18H2. The van der Waals surface area contributed by atoms with Gasteiger partial charge < -0.3 is 15.4 Å². The fraction of sp³-hybridized carbons (Fsp3) is 0.625. The Morgan fingerprint density at radius 2 is 1.80 bits per heavy atom. The lowest BCUT2D eigenvalue weighted by atomic mass is 9.76. The molecule has 1 aromatic rings. The van der Waals surface area contributed by atoms with Gasteiger partial charge in [0.15, 0.2) is 0 Å². The molecule has 2 aliphatic rings. The second-order valence-corrected chi connectivity index (χ2v) is 6.89. The SMILES string of the molecule is NC1(c2cc(Br)ccc2N2CCOCC2)CCCCC1. The predicted molar refractivity (Wildman–Crippen MR) is 86.1 cm³/mol. The summed E-state index contributed by atoms with van der Waals surface area (Å²) in [5.41, 5.74) is 9.24. The van der Waals surface area contributed by atoms with Crippen LogP contribution in [0.1, 0.15) is 37.7 Å². The normalized spacial score (nSPS) is 22.8. The van der Waals surface area contributed by atoms with Gasteiger partial charge in [-0.15, -0.1) is 0 Å². The minimum absolute atomic E-state index is 0.157. The average molecular weight is 339 g/mol. The van der Waals surface area contributed by atoms with Gasteiger partial charge in [0.05, 0.1) is 13.2 Å². The van der Waals surface area contributed by atoms with Gasteiger partial charge in [-0.3, -0.25) is 0 Å². The third-order valence-electron chi connectivity index (χ3n) is 4.59. The van der Waals surface area contributed by atoms with Crippen LogP contribution in [0.15, 0.2) is 22.7 Å². The summed E-state index contributed by atoms with van der Waals surface area (Å²) >= 11 is 3.61. The van der Waals surface area contributed by atoms with Gasteiger partial charge in [0.1, 0.15) is 0 Å². The highest BCUT2D eigenvalue weighted by atomic mass is 79.9. The summed E-state index contributed by atoms with van der Waals surface area (Å²) in [4.78, 5) is 2.43. The van der Waals surface area contributed by atoms with E-state index in [-0.39, 0.29) is 5.54 Å². The first-order valence-corrected chi connectivity index (χ1v) is 8.40. The number of ether oxygens (including phenoxy) is 1. The maximum absolute atomic E-state index is 6.78. The average Bonchev–Trinajstić information content (AvgIpc) is 2.49. The number of morpholine rings is 1. The second-order valence-electron chi connectivity index (χ2n) is 5.98. The van der Waals surface area contributed by atoms with E-state index in [9.17, 15) is 0 Å². The molecule has 1 aromatic carbocycles. The number of benzene rings is 1. The predicted octanol–water partition coefficient (Wildman–Crippen LogP) is 3.40. The summed E-state index contributed by atoms with van der Waals surface area (Å²) in [6, 6.07) is 6.57. The van der Waals surface area contributed by atoms with Gasteiger partial charge in [0.25, 0.3) is 0 Å². The summed E-state index contributed by atoms with van der Waals surface area (Å²) in [6.07, 6.45) is 6.00. The Bertz CT molecular complexity index is 466. The van der Waals surface area contributed by atoms with Gasteiger partial charge in [-0.2, -0.15) is 0 Å². The fourth-order valence-corrected chi connectivity index (χ4v) is 3.80. The zero-order valence-electron chi connectivity index (χ0n) is 11.9. The van der Waals surface area contributed by atoms with Gasteiger partial charge >= 0.3 is 0 Å².